The maximum absolute atomic E-state index is 4.46. The third kappa shape index (κ3) is 2.07. The molecule has 16 heavy (non-hydrogen) atoms. The van der Waals surface area contributed by atoms with Gasteiger partial charge < -0.3 is 10.3 Å². The summed E-state index contributed by atoms with van der Waals surface area (Å²) in [5.74, 6) is 1.89. The summed E-state index contributed by atoms with van der Waals surface area (Å²) in [5.41, 5.74) is 2.86. The number of nitrogens with zero attached hydrogens (tertiary/aromatic N) is 2. The minimum atomic E-state index is 0.811. The molecule has 0 atom stereocenters. The third-order valence-corrected chi connectivity index (χ3v) is 2.96. The summed E-state index contributed by atoms with van der Waals surface area (Å²) >= 11 is 0. The van der Waals surface area contributed by atoms with Crippen molar-refractivity contribution in [2.24, 2.45) is 5.92 Å². The molecule has 1 aliphatic rings. The van der Waals surface area contributed by atoms with Crippen LogP contribution in [0.15, 0.2) is 12.1 Å². The predicted octanol–water partition coefficient (Wildman–Crippen LogP) is 1.77. The molecule has 0 unspecified atom stereocenters. The topological polar surface area (TPSA) is 53.6 Å². The molecule has 0 saturated heterocycles. The van der Waals surface area contributed by atoms with Crippen molar-refractivity contribution in [2.45, 2.75) is 26.3 Å². The van der Waals surface area contributed by atoms with E-state index in [1.54, 1.807) is 0 Å². The molecule has 0 bridgehead atoms. The number of rotatable bonds is 4. The number of pyridine rings is 1. The summed E-state index contributed by atoms with van der Waals surface area (Å²) < 4.78 is 0. The molecule has 2 aromatic rings. The van der Waals surface area contributed by atoms with Crippen LogP contribution >= 0.6 is 0 Å². The van der Waals surface area contributed by atoms with E-state index < -0.39 is 0 Å². The van der Waals surface area contributed by atoms with Gasteiger partial charge in [0.2, 0.25) is 0 Å². The Labute approximate surface area is 94.5 Å². The van der Waals surface area contributed by atoms with Crippen molar-refractivity contribution in [1.82, 2.24) is 20.3 Å². The second kappa shape index (κ2) is 3.87. The molecule has 0 radical (unpaired) electrons. The molecule has 2 heterocycles. The van der Waals surface area contributed by atoms with E-state index in [4.69, 9.17) is 0 Å². The maximum Gasteiger partial charge on any atom is 0.177 e. The van der Waals surface area contributed by atoms with Crippen molar-refractivity contribution in [3.05, 3.63) is 23.7 Å². The standard InChI is InChI=1S/C12H16N4/c1-8-2-5-10-12(14-8)16-11(15-10)7-13-6-9-3-4-9/h2,5,9,13H,3-4,6-7H2,1H3,(H,14,15,16). The van der Waals surface area contributed by atoms with Crippen LogP contribution in [0.4, 0.5) is 0 Å². The van der Waals surface area contributed by atoms with Gasteiger partial charge in [0.15, 0.2) is 5.65 Å². The van der Waals surface area contributed by atoms with Gasteiger partial charge in [0, 0.05) is 5.69 Å². The van der Waals surface area contributed by atoms with Crippen molar-refractivity contribution < 1.29 is 0 Å². The fourth-order valence-corrected chi connectivity index (χ4v) is 1.84. The van der Waals surface area contributed by atoms with Crippen molar-refractivity contribution in [1.29, 1.82) is 0 Å². The predicted molar refractivity (Wildman–Crippen MR) is 63.1 cm³/mol. The monoisotopic (exact) mass is 216 g/mol. The first-order valence-corrected chi connectivity index (χ1v) is 5.84. The fraction of sp³-hybridized carbons (Fsp3) is 0.500. The van der Waals surface area contributed by atoms with Crippen molar-refractivity contribution >= 4 is 11.2 Å². The smallest absolute Gasteiger partial charge is 0.177 e. The van der Waals surface area contributed by atoms with Crippen LogP contribution in [-0.4, -0.2) is 21.5 Å². The second-order valence-electron chi connectivity index (χ2n) is 4.58. The first-order chi connectivity index (χ1) is 7.81. The highest BCUT2D eigenvalue weighted by Gasteiger charge is 2.20. The van der Waals surface area contributed by atoms with Crippen LogP contribution in [0.2, 0.25) is 0 Å². The average molecular weight is 216 g/mol. The normalized spacial score (nSPS) is 15.8. The van der Waals surface area contributed by atoms with E-state index in [0.29, 0.717) is 0 Å². The zero-order chi connectivity index (χ0) is 11.0. The highest BCUT2D eigenvalue weighted by molar-refractivity contribution is 5.70. The SMILES string of the molecule is Cc1ccc2[nH]c(CNCC3CC3)nc2n1. The Morgan fingerprint density at radius 2 is 2.25 bits per heavy atom. The number of nitrogens with one attached hydrogen (secondary N) is 2. The molecular weight excluding hydrogens is 200 g/mol. The molecular formula is C12H16N4. The van der Waals surface area contributed by atoms with E-state index in [-0.39, 0.29) is 0 Å². The van der Waals surface area contributed by atoms with Gasteiger partial charge in [0.25, 0.3) is 0 Å². The van der Waals surface area contributed by atoms with Crippen molar-refractivity contribution in [2.75, 3.05) is 6.54 Å². The van der Waals surface area contributed by atoms with Gasteiger partial charge in [-0.2, -0.15) is 0 Å². The molecule has 4 heteroatoms. The zero-order valence-electron chi connectivity index (χ0n) is 9.45. The van der Waals surface area contributed by atoms with Gasteiger partial charge in [-0.15, -0.1) is 0 Å². The Balaban J connectivity index is 1.71. The van der Waals surface area contributed by atoms with Crippen molar-refractivity contribution in [3.8, 4) is 0 Å². The number of aryl methyl sites for hydroxylation is 1. The summed E-state index contributed by atoms with van der Waals surface area (Å²) in [5, 5.41) is 3.42. The lowest BCUT2D eigenvalue weighted by molar-refractivity contribution is 0.624. The lowest BCUT2D eigenvalue weighted by Crippen LogP contribution is -2.16. The molecule has 0 spiro atoms. The highest BCUT2D eigenvalue weighted by Crippen LogP contribution is 2.27. The Morgan fingerprint density at radius 3 is 3.06 bits per heavy atom. The van der Waals surface area contributed by atoms with Crippen LogP contribution in [0.1, 0.15) is 24.4 Å². The molecule has 0 aromatic carbocycles. The zero-order valence-corrected chi connectivity index (χ0v) is 9.45. The first kappa shape index (κ1) is 9.78. The van der Waals surface area contributed by atoms with Gasteiger partial charge in [0.1, 0.15) is 5.82 Å². The van der Waals surface area contributed by atoms with Gasteiger partial charge in [-0.1, -0.05) is 0 Å². The summed E-state index contributed by atoms with van der Waals surface area (Å²) in [7, 11) is 0. The first-order valence-electron chi connectivity index (χ1n) is 5.84. The minimum absolute atomic E-state index is 0.811. The number of aromatic nitrogens is 3. The van der Waals surface area contributed by atoms with Crippen LogP contribution in [0.5, 0.6) is 0 Å². The van der Waals surface area contributed by atoms with E-state index in [2.05, 4.69) is 20.3 Å². The summed E-state index contributed by atoms with van der Waals surface area (Å²) in [6.07, 6.45) is 2.77. The number of H-pyrrole nitrogens is 1. The van der Waals surface area contributed by atoms with Gasteiger partial charge in [-0.05, 0) is 44.4 Å². The molecule has 1 saturated carbocycles. The molecule has 1 fully saturated rings. The van der Waals surface area contributed by atoms with E-state index in [1.807, 2.05) is 19.1 Å². The van der Waals surface area contributed by atoms with E-state index in [0.717, 1.165) is 41.7 Å². The van der Waals surface area contributed by atoms with Gasteiger partial charge in [-0.25, -0.2) is 9.97 Å². The van der Waals surface area contributed by atoms with Gasteiger partial charge in [-0.3, -0.25) is 0 Å². The summed E-state index contributed by atoms with van der Waals surface area (Å²) in [6, 6.07) is 4.04. The third-order valence-electron chi connectivity index (χ3n) is 2.96. The number of hydrogen-bond donors (Lipinski definition) is 2. The highest BCUT2D eigenvalue weighted by atomic mass is 15.0. The van der Waals surface area contributed by atoms with E-state index in [9.17, 15) is 0 Å². The molecule has 2 N–H and O–H groups in total. The number of hydrogen-bond acceptors (Lipinski definition) is 3. The summed E-state index contributed by atoms with van der Waals surface area (Å²) in [6.45, 7) is 3.91. The molecule has 3 rings (SSSR count). The molecule has 1 aliphatic carbocycles. The van der Waals surface area contributed by atoms with Crippen LogP contribution in [0.25, 0.3) is 11.2 Å². The summed E-state index contributed by atoms with van der Waals surface area (Å²) in [4.78, 5) is 12.1. The Hall–Kier alpha value is -1.42. The van der Waals surface area contributed by atoms with Crippen LogP contribution in [0, 0.1) is 12.8 Å². The fourth-order valence-electron chi connectivity index (χ4n) is 1.84. The maximum atomic E-state index is 4.46. The van der Waals surface area contributed by atoms with Crippen molar-refractivity contribution in [3.63, 3.8) is 0 Å². The van der Waals surface area contributed by atoms with Gasteiger partial charge in [0.05, 0.1) is 12.1 Å². The number of fused-ring (bicyclic) bond motifs is 1. The molecule has 0 aliphatic heterocycles. The molecule has 4 nitrogen and oxygen atoms in total. The quantitative estimate of drug-likeness (QED) is 0.819. The van der Waals surface area contributed by atoms with Crippen LogP contribution in [0.3, 0.4) is 0 Å². The largest absolute Gasteiger partial charge is 0.340 e. The Bertz CT molecular complexity index is 499. The Kier molecular flexibility index (Phi) is 2.36. The number of aromatic amines is 1. The lowest BCUT2D eigenvalue weighted by atomic mass is 10.4. The minimum Gasteiger partial charge on any atom is -0.340 e. The molecule has 2 aromatic heterocycles. The molecule has 84 valence electrons. The average Bonchev–Trinajstić information content (AvgIpc) is 2.98. The van der Waals surface area contributed by atoms with Gasteiger partial charge >= 0.3 is 0 Å². The Morgan fingerprint density at radius 1 is 1.38 bits per heavy atom. The second-order valence-corrected chi connectivity index (χ2v) is 4.58. The molecule has 0 amide bonds. The van der Waals surface area contributed by atoms with E-state index in [1.165, 1.54) is 12.8 Å². The van der Waals surface area contributed by atoms with Crippen LogP contribution < -0.4 is 5.32 Å². The van der Waals surface area contributed by atoms with E-state index >= 15 is 0 Å². The van der Waals surface area contributed by atoms with Crippen LogP contribution in [-0.2, 0) is 6.54 Å². The lowest BCUT2D eigenvalue weighted by Gasteiger charge is -1.98. The number of imidazole rings is 1.